The molecule has 0 saturated heterocycles. The summed E-state index contributed by atoms with van der Waals surface area (Å²) < 4.78 is 27.7. The number of rotatable bonds is 4. The molecule has 136 valence electrons. The van der Waals surface area contributed by atoms with Crippen molar-refractivity contribution in [3.63, 3.8) is 0 Å². The maximum absolute atomic E-state index is 12.6. The molecule has 0 aliphatic rings. The van der Waals surface area contributed by atoms with Gasteiger partial charge in [0.15, 0.2) is 0 Å². The number of hydrogen-bond donors (Lipinski definition) is 2. The fourth-order valence-electron chi connectivity index (χ4n) is 2.99. The van der Waals surface area contributed by atoms with Gasteiger partial charge in [-0.25, -0.2) is 18.4 Å². The van der Waals surface area contributed by atoms with Gasteiger partial charge >= 0.3 is 0 Å². The van der Waals surface area contributed by atoms with Crippen LogP contribution in [0.15, 0.2) is 65.8 Å². The summed E-state index contributed by atoms with van der Waals surface area (Å²) in [7, 11) is -3.63. The molecule has 0 fully saturated rings. The summed E-state index contributed by atoms with van der Waals surface area (Å²) in [6, 6.07) is 16.0. The second-order valence-electron chi connectivity index (χ2n) is 6.44. The lowest BCUT2D eigenvalue weighted by Crippen LogP contribution is -2.12. The monoisotopic (exact) mass is 378 g/mol. The Labute approximate surface area is 157 Å². The molecular formula is C20H18N4O2S. The van der Waals surface area contributed by atoms with Crippen LogP contribution in [0.25, 0.3) is 22.3 Å². The maximum Gasteiger partial charge on any atom is 0.261 e. The average molecular weight is 378 g/mol. The molecule has 2 aromatic carbocycles. The third-order valence-electron chi connectivity index (χ3n) is 4.27. The van der Waals surface area contributed by atoms with Crippen molar-refractivity contribution in [1.29, 1.82) is 0 Å². The van der Waals surface area contributed by atoms with E-state index >= 15 is 0 Å². The van der Waals surface area contributed by atoms with E-state index in [0.717, 1.165) is 33.5 Å². The van der Waals surface area contributed by atoms with E-state index in [1.165, 1.54) is 6.33 Å². The van der Waals surface area contributed by atoms with Gasteiger partial charge in [0.2, 0.25) is 0 Å². The standard InChI is InChI=1S/C20H18N4O2S/c1-13-4-3-5-17(10-13)27(25,26)24-16-8-6-15(7-9-16)19-18-11-14(2)23-20(18)22-12-21-19/h3-12,24H,1-2H3,(H,21,22,23). The van der Waals surface area contributed by atoms with Crippen LogP contribution in [-0.4, -0.2) is 23.4 Å². The molecule has 0 unspecified atom stereocenters. The van der Waals surface area contributed by atoms with Crippen molar-refractivity contribution < 1.29 is 8.42 Å². The van der Waals surface area contributed by atoms with Crippen LogP contribution in [0.3, 0.4) is 0 Å². The molecule has 4 rings (SSSR count). The summed E-state index contributed by atoms with van der Waals surface area (Å²) >= 11 is 0. The quantitative estimate of drug-likeness (QED) is 0.561. The number of aromatic nitrogens is 3. The maximum atomic E-state index is 12.6. The van der Waals surface area contributed by atoms with Crippen LogP contribution in [0.2, 0.25) is 0 Å². The lowest BCUT2D eigenvalue weighted by molar-refractivity contribution is 0.601. The largest absolute Gasteiger partial charge is 0.343 e. The minimum atomic E-state index is -3.63. The van der Waals surface area contributed by atoms with Crippen LogP contribution in [-0.2, 0) is 10.0 Å². The Morgan fingerprint density at radius 1 is 0.963 bits per heavy atom. The highest BCUT2D eigenvalue weighted by Crippen LogP contribution is 2.27. The Balaban J connectivity index is 1.64. The van der Waals surface area contributed by atoms with Gasteiger partial charge in [-0.1, -0.05) is 24.3 Å². The predicted molar refractivity (Wildman–Crippen MR) is 106 cm³/mol. The molecule has 27 heavy (non-hydrogen) atoms. The number of nitrogens with one attached hydrogen (secondary N) is 2. The Morgan fingerprint density at radius 2 is 1.74 bits per heavy atom. The first-order valence-corrected chi connectivity index (χ1v) is 9.91. The summed E-state index contributed by atoms with van der Waals surface area (Å²) in [5.74, 6) is 0. The molecule has 2 aromatic heterocycles. The number of aromatic amines is 1. The Hall–Kier alpha value is -3.19. The van der Waals surface area contributed by atoms with Crippen LogP contribution < -0.4 is 4.72 Å². The third-order valence-corrected chi connectivity index (χ3v) is 5.65. The molecule has 0 aliphatic carbocycles. The van der Waals surface area contributed by atoms with Crippen molar-refractivity contribution in [3.8, 4) is 11.3 Å². The molecular weight excluding hydrogens is 360 g/mol. The minimum absolute atomic E-state index is 0.242. The molecule has 0 spiro atoms. The number of anilines is 1. The van der Waals surface area contributed by atoms with Gasteiger partial charge in [-0.15, -0.1) is 0 Å². The van der Waals surface area contributed by atoms with Crippen molar-refractivity contribution in [1.82, 2.24) is 15.0 Å². The van der Waals surface area contributed by atoms with Crippen LogP contribution in [0.5, 0.6) is 0 Å². The zero-order valence-electron chi connectivity index (χ0n) is 14.9. The molecule has 7 heteroatoms. The number of hydrogen-bond acceptors (Lipinski definition) is 4. The zero-order valence-corrected chi connectivity index (χ0v) is 15.7. The lowest BCUT2D eigenvalue weighted by atomic mass is 10.1. The van der Waals surface area contributed by atoms with Gasteiger partial charge in [-0.05, 0) is 49.7 Å². The Morgan fingerprint density at radius 3 is 2.48 bits per heavy atom. The van der Waals surface area contributed by atoms with Crippen LogP contribution in [0.1, 0.15) is 11.3 Å². The first-order valence-electron chi connectivity index (χ1n) is 8.43. The van der Waals surface area contributed by atoms with Crippen molar-refractivity contribution in [3.05, 3.63) is 72.2 Å². The van der Waals surface area contributed by atoms with Gasteiger partial charge in [0.25, 0.3) is 10.0 Å². The van der Waals surface area contributed by atoms with Crippen molar-refractivity contribution in [2.75, 3.05) is 4.72 Å². The van der Waals surface area contributed by atoms with Gasteiger partial charge < -0.3 is 4.98 Å². The van der Waals surface area contributed by atoms with Crippen LogP contribution in [0.4, 0.5) is 5.69 Å². The van der Waals surface area contributed by atoms with Crippen LogP contribution >= 0.6 is 0 Å². The summed E-state index contributed by atoms with van der Waals surface area (Å²) in [5.41, 5.74) is 4.87. The van der Waals surface area contributed by atoms with Crippen LogP contribution in [0, 0.1) is 13.8 Å². The molecule has 6 nitrogen and oxygen atoms in total. The van der Waals surface area contributed by atoms with E-state index in [4.69, 9.17) is 0 Å². The molecule has 2 heterocycles. The number of H-pyrrole nitrogens is 1. The number of nitrogens with zero attached hydrogens (tertiary/aromatic N) is 2. The highest BCUT2D eigenvalue weighted by Gasteiger charge is 2.14. The lowest BCUT2D eigenvalue weighted by Gasteiger charge is -2.09. The van der Waals surface area contributed by atoms with E-state index in [9.17, 15) is 8.42 Å². The molecule has 0 aliphatic heterocycles. The van der Waals surface area contributed by atoms with E-state index < -0.39 is 10.0 Å². The predicted octanol–water partition coefficient (Wildman–Crippen LogP) is 4.04. The summed E-state index contributed by atoms with van der Waals surface area (Å²) in [4.78, 5) is 12.1. The number of aryl methyl sites for hydroxylation is 2. The molecule has 0 atom stereocenters. The SMILES string of the molecule is Cc1cccc(S(=O)(=O)Nc2ccc(-c3ncnc4[nH]c(C)cc34)cc2)c1. The van der Waals surface area contributed by atoms with Gasteiger partial charge in [0.05, 0.1) is 10.6 Å². The highest BCUT2D eigenvalue weighted by molar-refractivity contribution is 7.92. The van der Waals surface area contributed by atoms with Crippen molar-refractivity contribution in [2.45, 2.75) is 18.7 Å². The van der Waals surface area contributed by atoms with Crippen molar-refractivity contribution in [2.24, 2.45) is 0 Å². The Bertz CT molecular complexity index is 1230. The smallest absolute Gasteiger partial charge is 0.261 e. The number of fused-ring (bicyclic) bond motifs is 1. The fraction of sp³-hybridized carbons (Fsp3) is 0.100. The highest BCUT2D eigenvalue weighted by atomic mass is 32.2. The molecule has 4 aromatic rings. The first-order chi connectivity index (χ1) is 12.9. The van der Waals surface area contributed by atoms with Crippen molar-refractivity contribution >= 4 is 26.7 Å². The first kappa shape index (κ1) is 17.2. The number of benzene rings is 2. The van der Waals surface area contributed by atoms with Gasteiger partial charge in [-0.2, -0.15) is 0 Å². The minimum Gasteiger partial charge on any atom is -0.343 e. The molecule has 2 N–H and O–H groups in total. The van der Waals surface area contributed by atoms with E-state index in [1.807, 2.05) is 38.1 Å². The van der Waals surface area contributed by atoms with E-state index in [1.54, 1.807) is 30.3 Å². The Kier molecular flexibility index (Phi) is 4.16. The second-order valence-corrected chi connectivity index (χ2v) is 8.12. The molecule has 0 saturated carbocycles. The fourth-order valence-corrected chi connectivity index (χ4v) is 4.16. The average Bonchev–Trinajstić information content (AvgIpc) is 3.02. The van der Waals surface area contributed by atoms with E-state index in [0.29, 0.717) is 5.69 Å². The topological polar surface area (TPSA) is 87.7 Å². The summed E-state index contributed by atoms with van der Waals surface area (Å²) in [6.45, 7) is 3.83. The third kappa shape index (κ3) is 3.41. The molecule has 0 bridgehead atoms. The summed E-state index contributed by atoms with van der Waals surface area (Å²) in [5, 5.41) is 0.933. The second kappa shape index (κ2) is 6.51. The van der Waals surface area contributed by atoms with Gasteiger partial charge in [0.1, 0.15) is 12.0 Å². The molecule has 0 radical (unpaired) electrons. The molecule has 0 amide bonds. The van der Waals surface area contributed by atoms with E-state index in [2.05, 4.69) is 19.7 Å². The zero-order chi connectivity index (χ0) is 19.0. The number of sulfonamides is 1. The van der Waals surface area contributed by atoms with E-state index in [-0.39, 0.29) is 4.90 Å². The summed E-state index contributed by atoms with van der Waals surface area (Å²) in [6.07, 6.45) is 1.52. The van der Waals surface area contributed by atoms with Gasteiger partial charge in [0, 0.05) is 22.3 Å². The normalized spacial score (nSPS) is 11.6. The van der Waals surface area contributed by atoms with Gasteiger partial charge in [-0.3, -0.25) is 4.72 Å².